The van der Waals surface area contributed by atoms with Crippen molar-refractivity contribution in [3.8, 4) is 0 Å². The minimum absolute atomic E-state index is 0.102. The van der Waals surface area contributed by atoms with E-state index in [1.54, 1.807) is 0 Å². The molecular weight excluding hydrogens is 196 g/mol. The molecule has 4 unspecified atom stereocenters. The van der Waals surface area contributed by atoms with Crippen LogP contribution in [-0.2, 0) is 9.59 Å². The molecule has 0 spiro atoms. The zero-order chi connectivity index (χ0) is 9.87. The minimum Gasteiger partial charge on any atom is -0.294 e. The highest BCUT2D eigenvalue weighted by atomic mass is 32.1. The van der Waals surface area contributed by atoms with Crippen molar-refractivity contribution in [2.75, 3.05) is 0 Å². The lowest BCUT2D eigenvalue weighted by atomic mass is 9.75. The van der Waals surface area contributed by atoms with Gasteiger partial charge in [-0.2, -0.15) is 12.6 Å². The normalized spacial score (nSPS) is 48.8. The molecule has 0 aromatic rings. The highest BCUT2D eigenvalue weighted by molar-refractivity contribution is 7.81. The number of rotatable bonds is 0. The lowest BCUT2D eigenvalue weighted by molar-refractivity contribution is -0.129. The van der Waals surface area contributed by atoms with Crippen LogP contribution in [0.1, 0.15) is 0 Å². The van der Waals surface area contributed by atoms with Crippen molar-refractivity contribution in [2.45, 2.75) is 5.25 Å². The molecule has 72 valence electrons. The molecule has 0 radical (unpaired) electrons. The summed E-state index contributed by atoms with van der Waals surface area (Å²) in [6.45, 7) is 0. The standard InChI is InChI=1S/C11H10O2S/c12-7-3-4-8(13)10-6-2-1-5(9(7)10)11(6)14/h1-6,9-11,14H. The topological polar surface area (TPSA) is 34.1 Å². The Labute approximate surface area is 87.5 Å². The molecule has 0 saturated heterocycles. The third-order valence-electron chi connectivity index (χ3n) is 3.63. The van der Waals surface area contributed by atoms with Crippen LogP contribution in [0.5, 0.6) is 0 Å². The number of hydrogen-bond acceptors (Lipinski definition) is 3. The Morgan fingerprint density at radius 2 is 1.36 bits per heavy atom. The summed E-state index contributed by atoms with van der Waals surface area (Å²) in [7, 11) is 0. The first-order valence-electron chi connectivity index (χ1n) is 4.82. The Kier molecular flexibility index (Phi) is 1.57. The van der Waals surface area contributed by atoms with Crippen molar-refractivity contribution in [3.05, 3.63) is 24.3 Å². The molecule has 0 heterocycles. The monoisotopic (exact) mass is 206 g/mol. The Morgan fingerprint density at radius 3 is 1.79 bits per heavy atom. The minimum atomic E-state index is -0.120. The van der Waals surface area contributed by atoms with Gasteiger partial charge in [-0.3, -0.25) is 9.59 Å². The second kappa shape index (κ2) is 2.60. The summed E-state index contributed by atoms with van der Waals surface area (Å²) in [6, 6.07) is 0. The van der Waals surface area contributed by atoms with Crippen molar-refractivity contribution in [1.82, 2.24) is 0 Å². The molecule has 3 aliphatic rings. The second-order valence-electron chi connectivity index (χ2n) is 4.22. The predicted octanol–water partition coefficient (Wildman–Crippen LogP) is 1.04. The fourth-order valence-corrected chi connectivity index (χ4v) is 3.57. The molecule has 1 fully saturated rings. The fraction of sp³-hybridized carbons (Fsp3) is 0.455. The number of carbonyl (C=O) groups is 2. The van der Waals surface area contributed by atoms with E-state index in [4.69, 9.17) is 0 Å². The van der Waals surface area contributed by atoms with Crippen molar-refractivity contribution in [2.24, 2.45) is 23.7 Å². The van der Waals surface area contributed by atoms with Crippen molar-refractivity contribution in [3.63, 3.8) is 0 Å². The summed E-state index contributed by atoms with van der Waals surface area (Å²) in [5.41, 5.74) is 0. The van der Waals surface area contributed by atoms with Crippen LogP contribution in [0.15, 0.2) is 24.3 Å². The molecule has 0 aliphatic heterocycles. The van der Waals surface area contributed by atoms with Crippen LogP contribution in [0.3, 0.4) is 0 Å². The summed E-state index contributed by atoms with van der Waals surface area (Å²) in [4.78, 5) is 23.3. The van der Waals surface area contributed by atoms with Gasteiger partial charge in [0.1, 0.15) is 0 Å². The summed E-state index contributed by atoms with van der Waals surface area (Å²) in [6.07, 6.45) is 6.96. The first-order chi connectivity index (χ1) is 6.70. The first kappa shape index (κ1) is 8.48. The highest BCUT2D eigenvalue weighted by Crippen LogP contribution is 2.52. The summed E-state index contributed by atoms with van der Waals surface area (Å²) in [5, 5.41) is 0.165. The fourth-order valence-electron chi connectivity index (χ4n) is 3.00. The number of fused-ring (bicyclic) bond motifs is 5. The van der Waals surface area contributed by atoms with E-state index in [0.29, 0.717) is 0 Å². The zero-order valence-corrected chi connectivity index (χ0v) is 8.35. The van der Waals surface area contributed by atoms with E-state index in [0.717, 1.165) is 0 Å². The number of allylic oxidation sites excluding steroid dienone is 4. The van der Waals surface area contributed by atoms with Crippen LogP contribution in [-0.4, -0.2) is 16.8 Å². The van der Waals surface area contributed by atoms with Gasteiger partial charge < -0.3 is 0 Å². The van der Waals surface area contributed by atoms with Crippen molar-refractivity contribution >= 4 is 24.2 Å². The largest absolute Gasteiger partial charge is 0.294 e. The molecule has 3 heteroatoms. The van der Waals surface area contributed by atoms with E-state index in [9.17, 15) is 9.59 Å². The van der Waals surface area contributed by atoms with E-state index < -0.39 is 0 Å². The molecule has 4 atom stereocenters. The summed E-state index contributed by atoms with van der Waals surface area (Å²) < 4.78 is 0. The number of carbonyl (C=O) groups excluding carboxylic acids is 2. The maximum Gasteiger partial charge on any atom is 0.160 e. The van der Waals surface area contributed by atoms with Gasteiger partial charge >= 0.3 is 0 Å². The van der Waals surface area contributed by atoms with Gasteiger partial charge in [0.15, 0.2) is 11.6 Å². The van der Waals surface area contributed by atoms with Gasteiger partial charge in [-0.15, -0.1) is 0 Å². The van der Waals surface area contributed by atoms with E-state index in [1.165, 1.54) is 12.2 Å². The Bertz CT molecular complexity index is 349. The zero-order valence-electron chi connectivity index (χ0n) is 7.46. The molecule has 2 nitrogen and oxygen atoms in total. The van der Waals surface area contributed by atoms with Crippen LogP contribution in [0, 0.1) is 23.7 Å². The first-order valence-corrected chi connectivity index (χ1v) is 5.34. The Balaban J connectivity index is 2.10. The summed E-state index contributed by atoms with van der Waals surface area (Å²) >= 11 is 4.49. The van der Waals surface area contributed by atoms with Gasteiger partial charge in [0.2, 0.25) is 0 Å². The SMILES string of the molecule is O=C1C=CC(=O)C2C3C=CC(C3S)C12. The van der Waals surface area contributed by atoms with Crippen molar-refractivity contribution in [1.29, 1.82) is 0 Å². The van der Waals surface area contributed by atoms with Gasteiger partial charge in [0.05, 0.1) is 0 Å². The smallest absolute Gasteiger partial charge is 0.160 e. The number of ketones is 2. The number of thiol groups is 1. The van der Waals surface area contributed by atoms with Gasteiger partial charge in [0, 0.05) is 17.1 Å². The van der Waals surface area contributed by atoms with E-state index in [2.05, 4.69) is 12.6 Å². The van der Waals surface area contributed by atoms with Crippen LogP contribution >= 0.6 is 12.6 Å². The molecular formula is C11H10O2S. The third kappa shape index (κ3) is 0.836. The van der Waals surface area contributed by atoms with E-state index in [1.807, 2.05) is 12.2 Å². The summed E-state index contributed by atoms with van der Waals surface area (Å²) in [5.74, 6) is 0.315. The molecule has 14 heavy (non-hydrogen) atoms. The highest BCUT2D eigenvalue weighted by Gasteiger charge is 2.55. The predicted molar refractivity (Wildman–Crippen MR) is 55.0 cm³/mol. The lowest BCUT2D eigenvalue weighted by Gasteiger charge is -2.26. The molecule has 1 saturated carbocycles. The van der Waals surface area contributed by atoms with Gasteiger partial charge in [-0.05, 0) is 24.0 Å². The molecule has 0 aromatic heterocycles. The molecule has 0 N–H and O–H groups in total. The molecule has 0 aromatic carbocycles. The van der Waals surface area contributed by atoms with Crippen LogP contribution in [0.2, 0.25) is 0 Å². The van der Waals surface area contributed by atoms with Crippen molar-refractivity contribution < 1.29 is 9.59 Å². The average Bonchev–Trinajstić information content (AvgIpc) is 2.67. The molecule has 0 amide bonds. The van der Waals surface area contributed by atoms with Gasteiger partial charge in [-0.1, -0.05) is 12.2 Å². The second-order valence-corrected chi connectivity index (χ2v) is 4.82. The maximum atomic E-state index is 11.6. The average molecular weight is 206 g/mol. The Morgan fingerprint density at radius 1 is 0.929 bits per heavy atom. The quantitative estimate of drug-likeness (QED) is 0.474. The lowest BCUT2D eigenvalue weighted by Crippen LogP contribution is -2.34. The number of hydrogen-bond donors (Lipinski definition) is 1. The maximum absolute atomic E-state index is 11.6. The third-order valence-corrected chi connectivity index (χ3v) is 4.32. The van der Waals surface area contributed by atoms with Crippen LogP contribution < -0.4 is 0 Å². The molecule has 3 aliphatic carbocycles. The Hall–Kier alpha value is -0.830. The molecule has 2 bridgehead atoms. The van der Waals surface area contributed by atoms with Gasteiger partial charge in [0.25, 0.3) is 0 Å². The van der Waals surface area contributed by atoms with E-state index >= 15 is 0 Å². The van der Waals surface area contributed by atoms with Crippen LogP contribution in [0.25, 0.3) is 0 Å². The van der Waals surface area contributed by atoms with Crippen LogP contribution in [0.4, 0.5) is 0 Å². The van der Waals surface area contributed by atoms with Gasteiger partial charge in [-0.25, -0.2) is 0 Å². The van der Waals surface area contributed by atoms with E-state index in [-0.39, 0.29) is 40.5 Å². The molecule has 3 rings (SSSR count).